The minimum Gasteiger partial charge on any atom is -0.317 e. The van der Waals surface area contributed by atoms with Gasteiger partial charge in [0.2, 0.25) is 0 Å². The Morgan fingerprint density at radius 1 is 0.857 bits per heavy atom. The van der Waals surface area contributed by atoms with Gasteiger partial charge >= 0.3 is 0 Å². The van der Waals surface area contributed by atoms with Crippen molar-refractivity contribution in [1.82, 2.24) is 5.32 Å². The maximum Gasteiger partial charge on any atom is -0.00436 e. The van der Waals surface area contributed by atoms with Gasteiger partial charge in [0, 0.05) is 0 Å². The van der Waals surface area contributed by atoms with Crippen LogP contribution < -0.4 is 5.32 Å². The van der Waals surface area contributed by atoms with Crippen molar-refractivity contribution in [2.45, 2.75) is 51.4 Å². The molecule has 1 heteroatoms. The number of hydrogen-bond acceptors (Lipinski definition) is 1. The summed E-state index contributed by atoms with van der Waals surface area (Å²) in [5.74, 6) is 2.26. The Labute approximate surface area is 87.7 Å². The molecule has 0 aromatic carbocycles. The molecule has 2 saturated carbocycles. The van der Waals surface area contributed by atoms with Crippen molar-refractivity contribution in [3.8, 4) is 0 Å². The third-order valence-electron chi connectivity index (χ3n) is 5.22. The van der Waals surface area contributed by atoms with E-state index in [1.165, 1.54) is 32.4 Å². The topological polar surface area (TPSA) is 12.0 Å². The van der Waals surface area contributed by atoms with E-state index in [2.05, 4.69) is 5.32 Å². The predicted octanol–water partition coefficient (Wildman–Crippen LogP) is 2.96. The molecule has 1 N–H and O–H groups in total. The highest BCUT2D eigenvalue weighted by Gasteiger charge is 2.42. The van der Waals surface area contributed by atoms with Gasteiger partial charge in [0.15, 0.2) is 0 Å². The van der Waals surface area contributed by atoms with Crippen molar-refractivity contribution < 1.29 is 0 Å². The summed E-state index contributed by atoms with van der Waals surface area (Å²) in [6.07, 6.45) is 12.3. The van der Waals surface area contributed by atoms with Crippen LogP contribution in [0.25, 0.3) is 0 Å². The molecule has 1 aliphatic heterocycles. The summed E-state index contributed by atoms with van der Waals surface area (Å²) < 4.78 is 0. The van der Waals surface area contributed by atoms with Gasteiger partial charge in [-0.25, -0.2) is 0 Å². The van der Waals surface area contributed by atoms with E-state index in [9.17, 15) is 0 Å². The highest BCUT2D eigenvalue weighted by Crippen LogP contribution is 2.52. The lowest BCUT2D eigenvalue weighted by Crippen LogP contribution is -2.41. The molecule has 1 spiro atoms. The molecule has 3 rings (SSSR count). The quantitative estimate of drug-likeness (QED) is 0.623. The molecule has 1 nitrogen and oxygen atoms in total. The predicted molar refractivity (Wildman–Crippen MR) is 59.2 cm³/mol. The van der Waals surface area contributed by atoms with Crippen molar-refractivity contribution in [3.63, 3.8) is 0 Å². The van der Waals surface area contributed by atoms with Crippen LogP contribution in [0.5, 0.6) is 0 Å². The second-order valence-electron chi connectivity index (χ2n) is 5.94. The summed E-state index contributed by atoms with van der Waals surface area (Å²) in [6.45, 7) is 2.58. The number of nitrogens with one attached hydrogen (secondary N) is 1. The van der Waals surface area contributed by atoms with Gasteiger partial charge in [-0.2, -0.15) is 0 Å². The molecule has 3 aliphatic rings. The van der Waals surface area contributed by atoms with Crippen LogP contribution in [0, 0.1) is 17.3 Å². The highest BCUT2D eigenvalue weighted by atomic mass is 14.9. The van der Waals surface area contributed by atoms with Crippen LogP contribution in [0.3, 0.4) is 0 Å². The summed E-state index contributed by atoms with van der Waals surface area (Å²) in [5.41, 5.74) is 0.788. The fourth-order valence-electron chi connectivity index (χ4n) is 4.32. The van der Waals surface area contributed by atoms with Crippen molar-refractivity contribution in [2.24, 2.45) is 17.3 Å². The molecular formula is C13H23N. The van der Waals surface area contributed by atoms with Crippen LogP contribution in [0.15, 0.2) is 0 Å². The number of rotatable bonds is 0. The highest BCUT2D eigenvalue weighted by molar-refractivity contribution is 4.94. The molecule has 0 aromatic rings. The third-order valence-corrected chi connectivity index (χ3v) is 5.22. The summed E-state index contributed by atoms with van der Waals surface area (Å²) in [6, 6.07) is 0. The first kappa shape index (κ1) is 9.21. The lowest BCUT2D eigenvalue weighted by atomic mass is 9.62. The molecule has 1 saturated heterocycles. The SMILES string of the molecule is C1CC2CCC3(CCNCC3)CC2C1. The first-order valence-electron chi connectivity index (χ1n) is 6.59. The van der Waals surface area contributed by atoms with Gasteiger partial charge in [-0.3, -0.25) is 0 Å². The zero-order valence-electron chi connectivity index (χ0n) is 9.23. The van der Waals surface area contributed by atoms with Gasteiger partial charge in [0.1, 0.15) is 0 Å². The molecule has 14 heavy (non-hydrogen) atoms. The Morgan fingerprint density at radius 3 is 2.50 bits per heavy atom. The average molecular weight is 193 g/mol. The van der Waals surface area contributed by atoms with Crippen LogP contribution in [0.4, 0.5) is 0 Å². The van der Waals surface area contributed by atoms with E-state index in [0.29, 0.717) is 0 Å². The van der Waals surface area contributed by atoms with Crippen molar-refractivity contribution in [1.29, 1.82) is 0 Å². The lowest BCUT2D eigenvalue weighted by Gasteiger charge is -2.45. The maximum absolute atomic E-state index is 3.52. The average Bonchev–Trinajstić information content (AvgIpc) is 2.66. The minimum atomic E-state index is 0.788. The fourth-order valence-corrected chi connectivity index (χ4v) is 4.32. The molecular weight excluding hydrogens is 170 g/mol. The molecule has 1 heterocycles. The Bertz CT molecular complexity index is 205. The van der Waals surface area contributed by atoms with Crippen LogP contribution in [0.1, 0.15) is 51.4 Å². The molecule has 2 atom stereocenters. The third kappa shape index (κ3) is 1.50. The van der Waals surface area contributed by atoms with Gasteiger partial charge in [-0.1, -0.05) is 19.3 Å². The van der Waals surface area contributed by atoms with Crippen LogP contribution in [-0.4, -0.2) is 13.1 Å². The Morgan fingerprint density at radius 2 is 1.64 bits per heavy atom. The molecule has 0 bridgehead atoms. The second kappa shape index (κ2) is 3.52. The molecule has 0 amide bonds. The van der Waals surface area contributed by atoms with Gasteiger partial charge in [0.05, 0.1) is 0 Å². The molecule has 80 valence electrons. The minimum absolute atomic E-state index is 0.788. The zero-order chi connectivity index (χ0) is 9.43. The van der Waals surface area contributed by atoms with Crippen LogP contribution in [-0.2, 0) is 0 Å². The monoisotopic (exact) mass is 193 g/mol. The normalized spacial score (nSPS) is 41.1. The van der Waals surface area contributed by atoms with E-state index in [4.69, 9.17) is 0 Å². The first-order chi connectivity index (χ1) is 6.88. The van der Waals surface area contributed by atoms with E-state index in [1.54, 1.807) is 32.1 Å². The Balaban J connectivity index is 1.70. The summed E-state index contributed by atoms with van der Waals surface area (Å²) in [7, 11) is 0. The van der Waals surface area contributed by atoms with E-state index < -0.39 is 0 Å². The maximum atomic E-state index is 3.52. The van der Waals surface area contributed by atoms with Crippen LogP contribution >= 0.6 is 0 Å². The van der Waals surface area contributed by atoms with E-state index in [0.717, 1.165) is 17.3 Å². The second-order valence-corrected chi connectivity index (χ2v) is 5.94. The zero-order valence-corrected chi connectivity index (χ0v) is 9.23. The van der Waals surface area contributed by atoms with Gasteiger partial charge < -0.3 is 5.32 Å². The van der Waals surface area contributed by atoms with Crippen molar-refractivity contribution in [3.05, 3.63) is 0 Å². The lowest BCUT2D eigenvalue weighted by molar-refractivity contribution is 0.0705. The van der Waals surface area contributed by atoms with E-state index in [-0.39, 0.29) is 0 Å². The fraction of sp³-hybridized carbons (Fsp3) is 1.00. The molecule has 3 fully saturated rings. The van der Waals surface area contributed by atoms with Gasteiger partial charge in [0.25, 0.3) is 0 Å². The van der Waals surface area contributed by atoms with Gasteiger partial charge in [-0.15, -0.1) is 0 Å². The van der Waals surface area contributed by atoms with Crippen LogP contribution in [0.2, 0.25) is 0 Å². The standard InChI is InChI=1S/C13H23N/c1-2-11-4-5-13(10-12(11)3-1)6-8-14-9-7-13/h11-12,14H,1-10H2. The molecule has 2 unspecified atom stereocenters. The van der Waals surface area contributed by atoms with E-state index >= 15 is 0 Å². The Kier molecular flexibility index (Phi) is 2.31. The van der Waals surface area contributed by atoms with Crippen molar-refractivity contribution >= 4 is 0 Å². The summed E-state index contributed by atoms with van der Waals surface area (Å²) >= 11 is 0. The number of fused-ring (bicyclic) bond motifs is 1. The molecule has 2 aliphatic carbocycles. The Hall–Kier alpha value is -0.0400. The van der Waals surface area contributed by atoms with E-state index in [1.807, 2.05) is 0 Å². The molecule has 0 radical (unpaired) electrons. The molecule has 0 aromatic heterocycles. The smallest absolute Gasteiger partial charge is 0.00436 e. The number of piperidine rings is 1. The number of hydrogen-bond donors (Lipinski definition) is 1. The summed E-state index contributed by atoms with van der Waals surface area (Å²) in [4.78, 5) is 0. The van der Waals surface area contributed by atoms with Crippen molar-refractivity contribution in [2.75, 3.05) is 13.1 Å². The first-order valence-corrected chi connectivity index (χ1v) is 6.59. The largest absolute Gasteiger partial charge is 0.317 e. The summed E-state index contributed by atoms with van der Waals surface area (Å²) in [5, 5.41) is 3.52. The van der Waals surface area contributed by atoms with Gasteiger partial charge in [-0.05, 0) is 62.4 Å².